The number of aromatic hydroxyl groups is 1. The summed E-state index contributed by atoms with van der Waals surface area (Å²) in [5.41, 5.74) is 1.52. The summed E-state index contributed by atoms with van der Waals surface area (Å²) in [5.74, 6) is -0.185. The number of carbonyl (C=O) groups is 1. The molecule has 2 N–H and O–H groups in total. The Kier molecular flexibility index (Phi) is 5.58. The number of nitrogens with zero attached hydrogens (tertiary/aromatic N) is 1. The van der Waals surface area contributed by atoms with Crippen LogP contribution in [0.3, 0.4) is 0 Å². The van der Waals surface area contributed by atoms with Gasteiger partial charge in [0.15, 0.2) is 11.5 Å². The molecule has 5 nitrogen and oxygen atoms in total. The lowest BCUT2D eigenvalue weighted by molar-refractivity contribution is -0.117. The second-order valence-corrected chi connectivity index (χ2v) is 5.21. The number of methoxy groups -OCH3 is 1. The van der Waals surface area contributed by atoms with Crippen molar-refractivity contribution in [2.45, 2.75) is 13.0 Å². The standard InChI is InChI=1S/C19H18N2O3/c1-13(15-6-4-3-5-7-15)21-19(23)16(12-20)10-14-8-9-17(22)18(11-14)24-2/h3-11,13,22H,1-2H3,(H,21,23). The van der Waals surface area contributed by atoms with Gasteiger partial charge < -0.3 is 15.2 Å². The number of nitrogens with one attached hydrogen (secondary N) is 1. The minimum atomic E-state index is -0.458. The third-order valence-corrected chi connectivity index (χ3v) is 3.53. The zero-order chi connectivity index (χ0) is 17.5. The van der Waals surface area contributed by atoms with Crippen molar-refractivity contribution < 1.29 is 14.6 Å². The molecule has 0 heterocycles. The average Bonchev–Trinajstić information content (AvgIpc) is 2.61. The quantitative estimate of drug-likeness (QED) is 0.654. The fourth-order valence-corrected chi connectivity index (χ4v) is 2.20. The van der Waals surface area contributed by atoms with Crippen molar-refractivity contribution in [3.63, 3.8) is 0 Å². The summed E-state index contributed by atoms with van der Waals surface area (Å²) in [7, 11) is 1.43. The van der Waals surface area contributed by atoms with E-state index in [1.165, 1.54) is 19.3 Å². The van der Waals surface area contributed by atoms with Crippen molar-refractivity contribution in [1.29, 1.82) is 5.26 Å². The van der Waals surface area contributed by atoms with Gasteiger partial charge in [-0.25, -0.2) is 0 Å². The van der Waals surface area contributed by atoms with E-state index in [0.29, 0.717) is 5.56 Å². The molecule has 1 unspecified atom stereocenters. The van der Waals surface area contributed by atoms with E-state index in [4.69, 9.17) is 4.74 Å². The van der Waals surface area contributed by atoms with Gasteiger partial charge in [-0.1, -0.05) is 36.4 Å². The maximum atomic E-state index is 12.3. The van der Waals surface area contributed by atoms with E-state index in [2.05, 4.69) is 5.32 Å². The maximum Gasteiger partial charge on any atom is 0.262 e. The zero-order valence-electron chi connectivity index (χ0n) is 13.5. The van der Waals surface area contributed by atoms with Gasteiger partial charge in [-0.05, 0) is 36.3 Å². The highest BCUT2D eigenvalue weighted by Gasteiger charge is 2.14. The summed E-state index contributed by atoms with van der Waals surface area (Å²) in [5, 5.41) is 21.7. The van der Waals surface area contributed by atoms with Gasteiger partial charge in [-0.15, -0.1) is 0 Å². The van der Waals surface area contributed by atoms with Crippen molar-refractivity contribution in [3.05, 3.63) is 65.2 Å². The fraction of sp³-hybridized carbons (Fsp3) is 0.158. The Morgan fingerprint density at radius 2 is 2.00 bits per heavy atom. The number of phenolic OH excluding ortho intramolecular Hbond substituents is 1. The Morgan fingerprint density at radius 1 is 1.29 bits per heavy atom. The van der Waals surface area contributed by atoms with Gasteiger partial charge in [0.25, 0.3) is 5.91 Å². The van der Waals surface area contributed by atoms with Crippen molar-refractivity contribution in [2.24, 2.45) is 0 Å². The minimum absolute atomic E-state index is 0.00434. The molecule has 122 valence electrons. The second-order valence-electron chi connectivity index (χ2n) is 5.21. The minimum Gasteiger partial charge on any atom is -0.504 e. The molecule has 0 saturated heterocycles. The summed E-state index contributed by atoms with van der Waals surface area (Å²) < 4.78 is 5.02. The normalized spacial score (nSPS) is 12.1. The number of phenols is 1. The summed E-state index contributed by atoms with van der Waals surface area (Å²) in [6.07, 6.45) is 1.45. The van der Waals surface area contributed by atoms with Gasteiger partial charge in [0.2, 0.25) is 0 Å². The Labute approximate surface area is 140 Å². The number of nitriles is 1. The molecule has 0 bridgehead atoms. The molecule has 2 aromatic rings. The first-order chi connectivity index (χ1) is 11.5. The van der Waals surface area contributed by atoms with Crippen LogP contribution in [0.15, 0.2) is 54.1 Å². The zero-order valence-corrected chi connectivity index (χ0v) is 13.5. The molecule has 0 spiro atoms. The van der Waals surface area contributed by atoms with E-state index in [-0.39, 0.29) is 23.1 Å². The van der Waals surface area contributed by atoms with Crippen molar-refractivity contribution in [1.82, 2.24) is 5.32 Å². The molecule has 0 aliphatic rings. The molecule has 0 saturated carbocycles. The van der Waals surface area contributed by atoms with E-state index in [0.717, 1.165) is 5.56 Å². The molecule has 1 amide bonds. The number of hydrogen-bond acceptors (Lipinski definition) is 4. The maximum absolute atomic E-state index is 12.3. The average molecular weight is 322 g/mol. The molecule has 0 radical (unpaired) electrons. The van der Waals surface area contributed by atoms with Gasteiger partial charge in [-0.3, -0.25) is 4.79 Å². The molecular weight excluding hydrogens is 304 g/mol. The topological polar surface area (TPSA) is 82.3 Å². The van der Waals surface area contributed by atoms with Crippen molar-refractivity contribution in [2.75, 3.05) is 7.11 Å². The molecule has 0 aliphatic heterocycles. The second kappa shape index (κ2) is 7.84. The third-order valence-electron chi connectivity index (χ3n) is 3.53. The SMILES string of the molecule is COc1cc(C=C(C#N)C(=O)NC(C)c2ccccc2)ccc1O. The van der Waals surface area contributed by atoms with Crippen LogP contribution in [-0.4, -0.2) is 18.1 Å². The lowest BCUT2D eigenvalue weighted by Gasteiger charge is -2.13. The number of rotatable bonds is 5. The fourth-order valence-electron chi connectivity index (χ4n) is 2.20. The monoisotopic (exact) mass is 322 g/mol. The number of ether oxygens (including phenoxy) is 1. The van der Waals surface area contributed by atoms with Crippen LogP contribution in [0.2, 0.25) is 0 Å². The smallest absolute Gasteiger partial charge is 0.262 e. The number of amides is 1. The van der Waals surface area contributed by atoms with Gasteiger partial charge in [0.1, 0.15) is 11.6 Å². The lowest BCUT2D eigenvalue weighted by atomic mass is 10.1. The van der Waals surface area contributed by atoms with E-state index < -0.39 is 5.91 Å². The highest BCUT2D eigenvalue weighted by Crippen LogP contribution is 2.27. The highest BCUT2D eigenvalue weighted by atomic mass is 16.5. The van der Waals surface area contributed by atoms with Crippen LogP contribution in [0.4, 0.5) is 0 Å². The predicted molar refractivity (Wildman–Crippen MR) is 91.2 cm³/mol. The van der Waals surface area contributed by atoms with Crippen LogP contribution in [0.25, 0.3) is 6.08 Å². The van der Waals surface area contributed by atoms with E-state index in [1.807, 2.05) is 43.3 Å². The van der Waals surface area contributed by atoms with Gasteiger partial charge in [0.05, 0.1) is 13.2 Å². The summed E-state index contributed by atoms with van der Waals surface area (Å²) in [6, 6.07) is 15.8. The first-order valence-corrected chi connectivity index (χ1v) is 7.39. The molecule has 1 atom stereocenters. The van der Waals surface area contributed by atoms with Crippen LogP contribution >= 0.6 is 0 Å². The molecule has 0 fully saturated rings. The molecule has 0 aromatic heterocycles. The van der Waals surface area contributed by atoms with Crippen LogP contribution in [0.5, 0.6) is 11.5 Å². The highest BCUT2D eigenvalue weighted by molar-refractivity contribution is 6.01. The van der Waals surface area contributed by atoms with Crippen molar-refractivity contribution in [3.8, 4) is 17.6 Å². The Hall–Kier alpha value is -3.26. The third kappa shape index (κ3) is 4.14. The molecule has 2 rings (SSSR count). The lowest BCUT2D eigenvalue weighted by Crippen LogP contribution is -2.27. The first kappa shape index (κ1) is 17.1. The largest absolute Gasteiger partial charge is 0.504 e. The van der Waals surface area contributed by atoms with E-state index in [1.54, 1.807) is 12.1 Å². The summed E-state index contributed by atoms with van der Waals surface area (Å²) in [4.78, 5) is 12.3. The number of benzene rings is 2. The summed E-state index contributed by atoms with van der Waals surface area (Å²) >= 11 is 0. The molecular formula is C19H18N2O3. The van der Waals surface area contributed by atoms with Crippen LogP contribution in [-0.2, 0) is 4.79 Å². The molecule has 0 aliphatic carbocycles. The van der Waals surface area contributed by atoms with Gasteiger partial charge in [0, 0.05) is 0 Å². The van der Waals surface area contributed by atoms with Crippen LogP contribution < -0.4 is 10.1 Å². The first-order valence-electron chi connectivity index (χ1n) is 7.39. The van der Waals surface area contributed by atoms with E-state index >= 15 is 0 Å². The number of carbonyl (C=O) groups excluding carboxylic acids is 1. The Balaban J connectivity index is 2.18. The van der Waals surface area contributed by atoms with Crippen LogP contribution in [0.1, 0.15) is 24.1 Å². The predicted octanol–water partition coefficient (Wildman–Crippen LogP) is 3.19. The van der Waals surface area contributed by atoms with Crippen LogP contribution in [0, 0.1) is 11.3 Å². The Bertz CT molecular complexity index is 792. The van der Waals surface area contributed by atoms with E-state index in [9.17, 15) is 15.2 Å². The number of hydrogen-bond donors (Lipinski definition) is 2. The van der Waals surface area contributed by atoms with Gasteiger partial charge >= 0.3 is 0 Å². The molecule has 5 heteroatoms. The van der Waals surface area contributed by atoms with Crippen molar-refractivity contribution >= 4 is 12.0 Å². The Morgan fingerprint density at radius 3 is 2.62 bits per heavy atom. The molecule has 24 heavy (non-hydrogen) atoms. The molecule has 2 aromatic carbocycles. The summed E-state index contributed by atoms with van der Waals surface area (Å²) in [6.45, 7) is 1.85. The van der Waals surface area contributed by atoms with Gasteiger partial charge in [-0.2, -0.15) is 5.26 Å².